The van der Waals surface area contributed by atoms with E-state index < -0.39 is 0 Å². The highest BCUT2D eigenvalue weighted by Gasteiger charge is 2.42. The third-order valence-electron chi connectivity index (χ3n) is 6.05. The van der Waals surface area contributed by atoms with E-state index in [9.17, 15) is 9.59 Å². The van der Waals surface area contributed by atoms with Crippen LogP contribution >= 0.6 is 0 Å². The van der Waals surface area contributed by atoms with E-state index in [1.165, 1.54) is 0 Å². The summed E-state index contributed by atoms with van der Waals surface area (Å²) in [5.74, 6) is 1.29. The van der Waals surface area contributed by atoms with Gasteiger partial charge >= 0.3 is 0 Å². The second-order valence-electron chi connectivity index (χ2n) is 8.90. The fourth-order valence-electron chi connectivity index (χ4n) is 4.40. The Balaban J connectivity index is 1.91. The molecule has 0 saturated carbocycles. The van der Waals surface area contributed by atoms with Gasteiger partial charge in [0.15, 0.2) is 0 Å². The quantitative estimate of drug-likeness (QED) is 0.626. The van der Waals surface area contributed by atoms with E-state index in [0.29, 0.717) is 37.6 Å². The van der Waals surface area contributed by atoms with Crippen LogP contribution in [0.5, 0.6) is 11.5 Å². The van der Waals surface area contributed by atoms with Gasteiger partial charge in [-0.15, -0.1) is 0 Å². The number of likely N-dealkylation sites (tertiary alicyclic amines) is 1. The van der Waals surface area contributed by atoms with Crippen LogP contribution in [0.3, 0.4) is 0 Å². The fourth-order valence-corrected chi connectivity index (χ4v) is 4.40. The van der Waals surface area contributed by atoms with Crippen LogP contribution in [0.2, 0.25) is 0 Å². The molecule has 6 nitrogen and oxygen atoms in total. The molecule has 0 aromatic heterocycles. The Morgan fingerprint density at radius 1 is 1.06 bits per heavy atom. The average Bonchev–Trinajstić information content (AvgIpc) is 3.23. The molecule has 172 valence electrons. The highest BCUT2D eigenvalue weighted by atomic mass is 16.5. The maximum absolute atomic E-state index is 13.6. The Labute approximate surface area is 191 Å². The Kier molecular flexibility index (Phi) is 7.78. The third-order valence-corrected chi connectivity index (χ3v) is 6.05. The van der Waals surface area contributed by atoms with Gasteiger partial charge in [-0.1, -0.05) is 44.2 Å². The first-order valence-corrected chi connectivity index (χ1v) is 11.1. The van der Waals surface area contributed by atoms with E-state index in [0.717, 1.165) is 11.1 Å². The Bertz CT molecular complexity index is 929. The monoisotopic (exact) mass is 438 g/mol. The zero-order valence-corrected chi connectivity index (χ0v) is 19.7. The third kappa shape index (κ3) is 5.42. The van der Waals surface area contributed by atoms with Crippen molar-refractivity contribution in [1.82, 2.24) is 9.80 Å². The second kappa shape index (κ2) is 10.5. The Morgan fingerprint density at radius 2 is 1.78 bits per heavy atom. The first-order chi connectivity index (χ1) is 15.3. The van der Waals surface area contributed by atoms with Crippen molar-refractivity contribution < 1.29 is 19.1 Å². The number of nitrogens with zero attached hydrogens (tertiary/aromatic N) is 2. The summed E-state index contributed by atoms with van der Waals surface area (Å²) < 4.78 is 11.0. The number of methoxy groups -OCH3 is 2. The molecule has 1 fully saturated rings. The van der Waals surface area contributed by atoms with E-state index in [1.54, 1.807) is 19.1 Å². The Hall–Kier alpha value is -3.02. The highest BCUT2D eigenvalue weighted by Crippen LogP contribution is 2.40. The molecule has 0 spiro atoms. The van der Waals surface area contributed by atoms with Crippen molar-refractivity contribution in [2.24, 2.45) is 11.8 Å². The number of rotatable bonds is 8. The highest BCUT2D eigenvalue weighted by molar-refractivity contribution is 5.83. The van der Waals surface area contributed by atoms with E-state index >= 15 is 0 Å². The largest absolute Gasteiger partial charge is 0.497 e. The zero-order chi connectivity index (χ0) is 23.3. The van der Waals surface area contributed by atoms with E-state index in [1.807, 2.05) is 74.3 Å². The average molecular weight is 439 g/mol. The van der Waals surface area contributed by atoms with E-state index in [4.69, 9.17) is 9.47 Å². The summed E-state index contributed by atoms with van der Waals surface area (Å²) in [5, 5.41) is 0. The topological polar surface area (TPSA) is 59.1 Å². The van der Waals surface area contributed by atoms with Gasteiger partial charge in [0.2, 0.25) is 11.8 Å². The summed E-state index contributed by atoms with van der Waals surface area (Å²) in [6.07, 6.45) is 0.475. The normalized spacial score (nSPS) is 18.0. The van der Waals surface area contributed by atoms with Crippen LogP contribution in [-0.4, -0.2) is 56.0 Å². The molecular formula is C26H34N2O4. The predicted molar refractivity (Wildman–Crippen MR) is 125 cm³/mol. The number of hydrogen-bond acceptors (Lipinski definition) is 4. The molecule has 6 heteroatoms. The predicted octanol–water partition coefficient (Wildman–Crippen LogP) is 3.95. The minimum atomic E-state index is -0.346. The van der Waals surface area contributed by atoms with Crippen molar-refractivity contribution in [2.75, 3.05) is 34.4 Å². The molecular weight excluding hydrogens is 404 g/mol. The second-order valence-corrected chi connectivity index (χ2v) is 8.90. The van der Waals surface area contributed by atoms with Gasteiger partial charge in [-0.25, -0.2) is 0 Å². The van der Waals surface area contributed by atoms with Gasteiger partial charge in [-0.2, -0.15) is 0 Å². The minimum Gasteiger partial charge on any atom is -0.497 e. The molecule has 1 aliphatic rings. The van der Waals surface area contributed by atoms with Gasteiger partial charge in [0, 0.05) is 44.6 Å². The summed E-state index contributed by atoms with van der Waals surface area (Å²) >= 11 is 0. The zero-order valence-electron chi connectivity index (χ0n) is 19.7. The van der Waals surface area contributed by atoms with Crippen molar-refractivity contribution >= 4 is 11.8 Å². The van der Waals surface area contributed by atoms with Crippen molar-refractivity contribution in [3.05, 3.63) is 59.7 Å². The molecule has 0 N–H and O–H groups in total. The lowest BCUT2D eigenvalue weighted by molar-refractivity contribution is -0.135. The van der Waals surface area contributed by atoms with Crippen molar-refractivity contribution in [3.8, 4) is 11.5 Å². The number of carbonyl (C=O) groups is 2. The lowest BCUT2D eigenvalue weighted by Crippen LogP contribution is -2.36. The van der Waals surface area contributed by atoms with Gasteiger partial charge in [-0.05, 0) is 29.7 Å². The molecule has 0 unspecified atom stereocenters. The molecule has 2 aromatic rings. The number of hydrogen-bond donors (Lipinski definition) is 0. The van der Waals surface area contributed by atoms with Crippen molar-refractivity contribution in [2.45, 2.75) is 32.7 Å². The molecule has 0 bridgehead atoms. The Morgan fingerprint density at radius 3 is 2.41 bits per heavy atom. The van der Waals surface area contributed by atoms with Crippen LogP contribution in [0.4, 0.5) is 0 Å². The molecule has 1 heterocycles. The van der Waals surface area contributed by atoms with Gasteiger partial charge in [0.25, 0.3) is 0 Å². The fraction of sp³-hybridized carbons (Fsp3) is 0.462. The van der Waals surface area contributed by atoms with Crippen LogP contribution in [0.1, 0.15) is 37.3 Å². The first kappa shape index (κ1) is 23.6. The van der Waals surface area contributed by atoms with Crippen LogP contribution < -0.4 is 9.47 Å². The molecule has 1 aliphatic heterocycles. The molecule has 1 saturated heterocycles. The standard InChI is InChI=1S/C26H34N2O4/c1-18(2)13-25(29)28-16-22(21-14-20(31-4)11-12-24(21)32-5)23(17-28)26(30)27(3)15-19-9-7-6-8-10-19/h6-12,14,18,22-23H,13,15-17H2,1-5H3/t22-,23-/m1/s1. The maximum Gasteiger partial charge on any atom is 0.228 e. The van der Waals surface area contributed by atoms with Gasteiger partial charge < -0.3 is 19.3 Å². The summed E-state index contributed by atoms with van der Waals surface area (Å²) in [4.78, 5) is 30.1. The number of ether oxygens (including phenoxy) is 2. The number of amides is 2. The van der Waals surface area contributed by atoms with Gasteiger partial charge in [0.1, 0.15) is 11.5 Å². The number of benzene rings is 2. The summed E-state index contributed by atoms with van der Waals surface area (Å²) in [6.45, 7) is 5.50. The van der Waals surface area contributed by atoms with E-state index in [-0.39, 0.29) is 29.6 Å². The molecule has 0 aliphatic carbocycles. The van der Waals surface area contributed by atoms with Gasteiger partial charge in [-0.3, -0.25) is 9.59 Å². The van der Waals surface area contributed by atoms with Crippen molar-refractivity contribution in [1.29, 1.82) is 0 Å². The van der Waals surface area contributed by atoms with Crippen LogP contribution in [0, 0.1) is 11.8 Å². The minimum absolute atomic E-state index is 0.0311. The van der Waals surface area contributed by atoms with Gasteiger partial charge in [0.05, 0.1) is 20.1 Å². The van der Waals surface area contributed by atoms with Crippen molar-refractivity contribution in [3.63, 3.8) is 0 Å². The molecule has 2 atom stereocenters. The molecule has 2 amide bonds. The first-order valence-electron chi connectivity index (χ1n) is 11.1. The lowest BCUT2D eigenvalue weighted by Gasteiger charge is -2.25. The van der Waals surface area contributed by atoms with Crippen LogP contribution in [-0.2, 0) is 16.1 Å². The summed E-state index contributed by atoms with van der Waals surface area (Å²) in [6, 6.07) is 15.6. The van der Waals surface area contributed by atoms with E-state index in [2.05, 4.69) is 0 Å². The van der Waals surface area contributed by atoms with Crippen LogP contribution in [0.15, 0.2) is 48.5 Å². The maximum atomic E-state index is 13.6. The number of carbonyl (C=O) groups excluding carboxylic acids is 2. The summed E-state index contributed by atoms with van der Waals surface area (Å²) in [7, 11) is 5.07. The van der Waals surface area contributed by atoms with Crippen LogP contribution in [0.25, 0.3) is 0 Å². The summed E-state index contributed by atoms with van der Waals surface area (Å²) in [5.41, 5.74) is 1.97. The molecule has 32 heavy (non-hydrogen) atoms. The molecule has 0 radical (unpaired) electrons. The SMILES string of the molecule is COc1ccc(OC)c([C@H]2CN(C(=O)CC(C)C)C[C@H]2C(=O)N(C)Cc2ccccc2)c1. The lowest BCUT2D eigenvalue weighted by atomic mass is 9.87. The molecule has 3 rings (SSSR count). The molecule has 2 aromatic carbocycles. The smallest absolute Gasteiger partial charge is 0.228 e.